The highest BCUT2D eigenvalue weighted by Gasteiger charge is 2.17. The first-order valence-electron chi connectivity index (χ1n) is 13.5. The minimum absolute atomic E-state index is 0.0416. The molecule has 2 aromatic heterocycles. The molecule has 5 aromatic rings. The van der Waals surface area contributed by atoms with Crippen LogP contribution in [0.3, 0.4) is 0 Å². The van der Waals surface area contributed by atoms with E-state index in [0.717, 1.165) is 28.0 Å². The molecule has 0 amide bonds. The lowest BCUT2D eigenvalue weighted by atomic mass is 9.99. The number of methoxy groups -OCH3 is 2. The average molecular weight is 581 g/mol. The van der Waals surface area contributed by atoms with Crippen LogP contribution in [-0.2, 0) is 35.7 Å². The highest BCUT2D eigenvalue weighted by molar-refractivity contribution is 5.93. The molecule has 10 heteroatoms. The number of hydrogen-bond donors (Lipinski definition) is 1. The van der Waals surface area contributed by atoms with Gasteiger partial charge in [-0.2, -0.15) is 5.26 Å². The lowest BCUT2D eigenvalue weighted by molar-refractivity contribution is 0.0601. The number of halogens is 1. The van der Waals surface area contributed by atoms with Crippen molar-refractivity contribution in [3.63, 3.8) is 0 Å². The van der Waals surface area contributed by atoms with Gasteiger partial charge in [0.25, 0.3) is 0 Å². The lowest BCUT2D eigenvalue weighted by Gasteiger charge is -2.13. The first-order valence-corrected chi connectivity index (χ1v) is 13.5. The van der Waals surface area contributed by atoms with Gasteiger partial charge in [-0.15, -0.1) is 0 Å². The summed E-state index contributed by atoms with van der Waals surface area (Å²) in [4.78, 5) is 21.5. The molecule has 0 aliphatic rings. The Morgan fingerprint density at radius 1 is 1.00 bits per heavy atom. The minimum atomic E-state index is -0.516. The maximum atomic E-state index is 14.3. The molecule has 43 heavy (non-hydrogen) atoms. The molecule has 0 atom stereocenters. The first kappa shape index (κ1) is 29.4. The van der Waals surface area contributed by atoms with Gasteiger partial charge in [-0.05, 0) is 53.6 Å². The van der Waals surface area contributed by atoms with Gasteiger partial charge < -0.3 is 23.9 Å². The Kier molecular flexibility index (Phi) is 9.05. The van der Waals surface area contributed by atoms with E-state index in [0.29, 0.717) is 47.8 Å². The van der Waals surface area contributed by atoms with Crippen LogP contribution in [0, 0.1) is 17.1 Å². The van der Waals surface area contributed by atoms with Gasteiger partial charge in [0, 0.05) is 37.3 Å². The molecule has 3 aromatic carbocycles. The summed E-state index contributed by atoms with van der Waals surface area (Å²) in [5.41, 5.74) is 5.52. The average Bonchev–Trinajstić information content (AvgIpc) is 3.38. The fourth-order valence-corrected chi connectivity index (χ4v) is 4.80. The summed E-state index contributed by atoms with van der Waals surface area (Å²) in [6.07, 6.45) is 0.439. The molecule has 9 nitrogen and oxygen atoms in total. The van der Waals surface area contributed by atoms with Crippen molar-refractivity contribution < 1.29 is 28.5 Å². The summed E-state index contributed by atoms with van der Waals surface area (Å²) in [5, 5.41) is 19.2. The van der Waals surface area contributed by atoms with E-state index in [2.05, 4.69) is 4.98 Å². The Labute approximate surface area is 247 Å². The smallest absolute Gasteiger partial charge is 0.337 e. The number of aliphatic hydroxyl groups is 1. The van der Waals surface area contributed by atoms with Gasteiger partial charge in [0.1, 0.15) is 18.2 Å². The van der Waals surface area contributed by atoms with E-state index in [1.54, 1.807) is 37.4 Å². The Hall–Kier alpha value is -5.11. The summed E-state index contributed by atoms with van der Waals surface area (Å²) >= 11 is 0. The lowest BCUT2D eigenvalue weighted by Crippen LogP contribution is -2.10. The number of pyridine rings is 1. The Morgan fingerprint density at radius 3 is 2.58 bits per heavy atom. The monoisotopic (exact) mass is 580 g/mol. The number of nitriles is 1. The maximum Gasteiger partial charge on any atom is 0.337 e. The van der Waals surface area contributed by atoms with Crippen LogP contribution in [0.2, 0.25) is 0 Å². The summed E-state index contributed by atoms with van der Waals surface area (Å²) in [5.74, 6) is 0.137. The number of rotatable bonds is 11. The molecular weight excluding hydrogens is 551 g/mol. The number of fused-ring (bicyclic) bond motifs is 1. The summed E-state index contributed by atoms with van der Waals surface area (Å²) in [6.45, 7) is 0.749. The second-order valence-corrected chi connectivity index (χ2v) is 9.75. The van der Waals surface area contributed by atoms with Gasteiger partial charge in [-0.1, -0.05) is 24.3 Å². The fourth-order valence-electron chi connectivity index (χ4n) is 4.80. The summed E-state index contributed by atoms with van der Waals surface area (Å²) in [6, 6.07) is 22.4. The number of ether oxygens (including phenoxy) is 3. The van der Waals surface area contributed by atoms with Crippen LogP contribution in [0.1, 0.15) is 38.4 Å². The molecule has 0 saturated heterocycles. The number of esters is 1. The zero-order chi connectivity index (χ0) is 30.3. The van der Waals surface area contributed by atoms with Crippen LogP contribution >= 0.6 is 0 Å². The molecular formula is C33H29FN4O5. The van der Waals surface area contributed by atoms with Crippen LogP contribution in [0.5, 0.6) is 5.88 Å². The Balaban J connectivity index is 1.39. The molecule has 0 unspecified atom stereocenters. The zero-order valence-electron chi connectivity index (χ0n) is 23.7. The summed E-state index contributed by atoms with van der Waals surface area (Å²) < 4.78 is 32.2. The topological polar surface area (TPSA) is 119 Å². The molecule has 0 spiro atoms. The third kappa shape index (κ3) is 6.54. The highest BCUT2D eigenvalue weighted by atomic mass is 19.1. The van der Waals surface area contributed by atoms with Crippen LogP contribution in [-0.4, -0.2) is 46.4 Å². The maximum absolute atomic E-state index is 14.3. The van der Waals surface area contributed by atoms with Crippen molar-refractivity contribution in [1.29, 1.82) is 5.26 Å². The molecule has 0 fully saturated rings. The van der Waals surface area contributed by atoms with Crippen molar-refractivity contribution in [2.24, 2.45) is 0 Å². The number of imidazole rings is 1. The van der Waals surface area contributed by atoms with E-state index in [1.165, 1.54) is 25.3 Å². The van der Waals surface area contributed by atoms with Crippen LogP contribution in [0.25, 0.3) is 22.3 Å². The number of aliphatic hydroxyl groups excluding tert-OH is 1. The van der Waals surface area contributed by atoms with Crippen molar-refractivity contribution in [3.8, 4) is 23.2 Å². The first-order chi connectivity index (χ1) is 20.9. The molecule has 218 valence electrons. The fraction of sp³-hybridized carbons (Fsp3) is 0.212. The van der Waals surface area contributed by atoms with Gasteiger partial charge in [-0.3, -0.25) is 0 Å². The van der Waals surface area contributed by atoms with Gasteiger partial charge >= 0.3 is 5.97 Å². The minimum Gasteiger partial charge on any atom is -0.473 e. The normalized spacial score (nSPS) is 11.0. The molecule has 2 heterocycles. The van der Waals surface area contributed by atoms with Crippen molar-refractivity contribution in [3.05, 3.63) is 112 Å². The quantitative estimate of drug-likeness (QED) is 0.212. The van der Waals surface area contributed by atoms with E-state index >= 15 is 0 Å². The molecule has 1 N–H and O–H groups in total. The van der Waals surface area contributed by atoms with Crippen LogP contribution < -0.4 is 4.74 Å². The van der Waals surface area contributed by atoms with E-state index < -0.39 is 11.8 Å². The number of benzene rings is 3. The van der Waals surface area contributed by atoms with Crippen molar-refractivity contribution in [2.45, 2.75) is 26.2 Å². The highest BCUT2D eigenvalue weighted by Crippen LogP contribution is 2.27. The zero-order valence-corrected chi connectivity index (χ0v) is 23.7. The van der Waals surface area contributed by atoms with Crippen molar-refractivity contribution in [2.75, 3.05) is 20.8 Å². The molecule has 0 saturated carbocycles. The van der Waals surface area contributed by atoms with E-state index in [1.807, 2.05) is 34.9 Å². The second-order valence-electron chi connectivity index (χ2n) is 9.75. The van der Waals surface area contributed by atoms with Gasteiger partial charge in [-0.25, -0.2) is 19.2 Å². The van der Waals surface area contributed by atoms with Gasteiger partial charge in [0.2, 0.25) is 5.88 Å². The van der Waals surface area contributed by atoms with E-state index in [9.17, 15) is 14.3 Å². The molecule has 0 aliphatic heterocycles. The molecule has 0 bridgehead atoms. The van der Waals surface area contributed by atoms with Crippen molar-refractivity contribution >= 4 is 17.0 Å². The summed E-state index contributed by atoms with van der Waals surface area (Å²) in [7, 11) is 2.97. The van der Waals surface area contributed by atoms with Crippen LogP contribution in [0.15, 0.2) is 72.8 Å². The van der Waals surface area contributed by atoms with Crippen molar-refractivity contribution in [1.82, 2.24) is 14.5 Å². The van der Waals surface area contributed by atoms with Gasteiger partial charge in [0.15, 0.2) is 0 Å². The predicted molar refractivity (Wildman–Crippen MR) is 157 cm³/mol. The molecule has 5 rings (SSSR count). The second kappa shape index (κ2) is 13.2. The SMILES string of the molecule is COCCn1c(Cc2ccc(-c3cccc(OCc4ccc(C#N)cc4F)n3)cc2CO)nc2ccc(C(=O)OC)cc21. The van der Waals surface area contributed by atoms with Crippen LogP contribution in [0.4, 0.5) is 4.39 Å². The predicted octanol–water partition coefficient (Wildman–Crippen LogP) is 5.20. The number of carbonyl (C=O) groups excluding carboxylic acids is 1. The van der Waals surface area contributed by atoms with Gasteiger partial charge in [0.05, 0.1) is 54.2 Å². The number of nitrogens with zero attached hydrogens (tertiary/aromatic N) is 4. The third-order valence-corrected chi connectivity index (χ3v) is 7.07. The standard InChI is InChI=1S/C33H29FN4O5/c1-41-13-12-38-30-16-24(33(40)42-2)10-11-29(30)36-31(38)17-22-8-9-23(15-26(22)19-39)28-4-3-5-32(37-28)43-20-25-7-6-21(18-35)14-27(25)34/h3-11,14-16,39H,12-13,17,19-20H2,1-2H3. The number of aromatic nitrogens is 3. The van der Waals surface area contributed by atoms with E-state index in [4.69, 9.17) is 24.5 Å². The number of hydrogen-bond acceptors (Lipinski definition) is 8. The Bertz CT molecular complexity index is 1830. The Morgan fingerprint density at radius 2 is 1.84 bits per heavy atom. The third-order valence-electron chi connectivity index (χ3n) is 7.07. The number of carbonyl (C=O) groups is 1. The molecule has 0 aliphatic carbocycles. The molecule has 0 radical (unpaired) electrons. The van der Waals surface area contributed by atoms with E-state index in [-0.39, 0.29) is 18.8 Å². The largest absolute Gasteiger partial charge is 0.473 e.